The number of hydrogen-bond donors (Lipinski definition) is 4. The maximum absolute atomic E-state index is 4.46. The van der Waals surface area contributed by atoms with Crippen LogP contribution in [0.1, 0.15) is 4.88 Å². The average Bonchev–Trinajstić information content (AvgIpc) is 3.87. The summed E-state index contributed by atoms with van der Waals surface area (Å²) in [6, 6.07) is 31.2. The molecule has 0 aliphatic heterocycles. The molecule has 6 aromatic heterocycles. The van der Waals surface area contributed by atoms with Gasteiger partial charge >= 0.3 is 0 Å². The van der Waals surface area contributed by atoms with Gasteiger partial charge in [-0.1, -0.05) is 30.3 Å². The van der Waals surface area contributed by atoms with E-state index in [1.54, 1.807) is 35.3 Å². The highest BCUT2D eigenvalue weighted by Crippen LogP contribution is 2.37. The van der Waals surface area contributed by atoms with Crippen LogP contribution in [0.4, 0.5) is 23.0 Å². The molecule has 218 valence electrons. The van der Waals surface area contributed by atoms with Crippen LogP contribution in [0.5, 0.6) is 0 Å². The normalized spacial score (nSPS) is 11.2. The SMILES string of the molecule is Cc1cc2ncnc(Nc3ccc4[nH]ccc4c3)c2s1.c1ccc(-c2cc3ncnc(Nc4ccc5[nH]ccc5c4)c3s2)cc1. The Balaban J connectivity index is 0.000000137. The monoisotopic (exact) mass is 622 g/mol. The third-order valence-corrected chi connectivity index (χ3v) is 9.66. The van der Waals surface area contributed by atoms with Gasteiger partial charge < -0.3 is 20.6 Å². The Labute approximate surface area is 265 Å². The summed E-state index contributed by atoms with van der Waals surface area (Å²) < 4.78 is 2.16. The Bertz CT molecular complexity index is 2420. The maximum atomic E-state index is 4.46. The molecule has 0 unspecified atom stereocenters. The number of anilines is 4. The van der Waals surface area contributed by atoms with E-state index >= 15 is 0 Å². The predicted octanol–water partition coefficient (Wildman–Crippen LogP) is 9.81. The lowest BCUT2D eigenvalue weighted by molar-refractivity contribution is 1.23. The Morgan fingerprint density at radius 2 is 1.16 bits per heavy atom. The maximum Gasteiger partial charge on any atom is 0.151 e. The predicted molar refractivity (Wildman–Crippen MR) is 188 cm³/mol. The van der Waals surface area contributed by atoms with Crippen molar-refractivity contribution in [3.8, 4) is 10.4 Å². The molecule has 0 aliphatic rings. The van der Waals surface area contributed by atoms with Crippen molar-refractivity contribution in [2.24, 2.45) is 0 Å². The topological polar surface area (TPSA) is 107 Å². The van der Waals surface area contributed by atoms with Gasteiger partial charge in [-0.3, -0.25) is 0 Å². The lowest BCUT2D eigenvalue weighted by Gasteiger charge is -2.06. The Hall–Kier alpha value is -5.58. The first-order chi connectivity index (χ1) is 22.2. The fourth-order valence-corrected chi connectivity index (χ4v) is 7.26. The van der Waals surface area contributed by atoms with Gasteiger partial charge in [-0.25, -0.2) is 19.9 Å². The summed E-state index contributed by atoms with van der Waals surface area (Å²) in [6.07, 6.45) is 7.11. The van der Waals surface area contributed by atoms with Gasteiger partial charge in [0.25, 0.3) is 0 Å². The van der Waals surface area contributed by atoms with E-state index in [0.717, 1.165) is 54.5 Å². The van der Waals surface area contributed by atoms with Crippen LogP contribution in [-0.4, -0.2) is 29.9 Å². The smallest absolute Gasteiger partial charge is 0.151 e. The first-order valence-corrected chi connectivity index (χ1v) is 16.0. The molecule has 45 heavy (non-hydrogen) atoms. The van der Waals surface area contributed by atoms with E-state index in [9.17, 15) is 0 Å². The molecule has 0 fully saturated rings. The molecule has 3 aromatic carbocycles. The van der Waals surface area contributed by atoms with Crippen molar-refractivity contribution in [3.63, 3.8) is 0 Å². The molecule has 0 amide bonds. The zero-order valence-electron chi connectivity index (χ0n) is 24.1. The minimum Gasteiger partial charge on any atom is -0.361 e. The van der Waals surface area contributed by atoms with E-state index in [1.165, 1.54) is 26.1 Å². The molecule has 0 saturated heterocycles. The highest BCUT2D eigenvalue weighted by molar-refractivity contribution is 7.22. The van der Waals surface area contributed by atoms with Gasteiger partial charge in [0, 0.05) is 55.3 Å². The van der Waals surface area contributed by atoms with Crippen LogP contribution in [0.3, 0.4) is 0 Å². The second-order valence-electron chi connectivity index (χ2n) is 10.5. The zero-order valence-corrected chi connectivity index (χ0v) is 25.7. The second kappa shape index (κ2) is 11.5. The molecular weight excluding hydrogens is 597 g/mol. The first-order valence-electron chi connectivity index (χ1n) is 14.4. The molecule has 10 heteroatoms. The van der Waals surface area contributed by atoms with E-state index in [1.807, 2.05) is 24.5 Å². The Kier molecular flexibility index (Phi) is 6.90. The molecule has 9 aromatic rings. The number of nitrogens with zero attached hydrogens (tertiary/aromatic N) is 4. The Morgan fingerprint density at radius 1 is 0.578 bits per heavy atom. The average molecular weight is 623 g/mol. The second-order valence-corrected chi connectivity index (χ2v) is 12.8. The van der Waals surface area contributed by atoms with Crippen LogP contribution >= 0.6 is 22.7 Å². The standard InChI is InChI=1S/C20H14N4S.C15H12N4S/c1-2-4-13(5-3-1)18-11-17-19(25-18)20(23-12-22-17)24-15-6-7-16-14(10-15)8-9-21-16;1-9-6-13-14(20-9)15(18-8-17-13)19-11-2-3-12-10(7-11)4-5-16-12/h1-12,21H,(H,22,23,24);2-8,16H,1H3,(H,17,18,19). The lowest BCUT2D eigenvalue weighted by Crippen LogP contribution is -1.94. The molecule has 9 rings (SSSR count). The molecule has 0 saturated carbocycles. The molecule has 0 spiro atoms. The third kappa shape index (κ3) is 5.48. The summed E-state index contributed by atoms with van der Waals surface area (Å²) in [5.74, 6) is 1.70. The van der Waals surface area contributed by atoms with Crippen molar-refractivity contribution < 1.29 is 0 Å². The Morgan fingerprint density at radius 3 is 1.78 bits per heavy atom. The number of aromatic nitrogens is 6. The molecule has 6 heterocycles. The quantitative estimate of drug-likeness (QED) is 0.152. The van der Waals surface area contributed by atoms with Gasteiger partial charge in [0.1, 0.15) is 12.7 Å². The number of aromatic amines is 2. The van der Waals surface area contributed by atoms with Crippen LogP contribution in [0, 0.1) is 6.92 Å². The molecule has 8 nitrogen and oxygen atoms in total. The number of benzene rings is 3. The number of fused-ring (bicyclic) bond motifs is 4. The van der Waals surface area contributed by atoms with Crippen molar-refractivity contribution >= 4 is 87.9 Å². The highest BCUT2D eigenvalue weighted by atomic mass is 32.1. The van der Waals surface area contributed by atoms with Gasteiger partial charge in [0.2, 0.25) is 0 Å². The van der Waals surface area contributed by atoms with Gasteiger partial charge in [-0.2, -0.15) is 0 Å². The fourth-order valence-electron chi connectivity index (χ4n) is 5.29. The molecule has 0 bridgehead atoms. The minimum absolute atomic E-state index is 0.840. The minimum atomic E-state index is 0.840. The summed E-state index contributed by atoms with van der Waals surface area (Å²) in [5.41, 5.74) is 7.46. The molecule has 4 N–H and O–H groups in total. The number of rotatable bonds is 5. The molecular formula is C35H26N8S2. The summed E-state index contributed by atoms with van der Waals surface area (Å²) in [6.45, 7) is 2.09. The summed E-state index contributed by atoms with van der Waals surface area (Å²) in [5, 5.41) is 9.18. The third-order valence-electron chi connectivity index (χ3n) is 7.44. The first kappa shape index (κ1) is 27.0. The highest BCUT2D eigenvalue weighted by Gasteiger charge is 2.11. The van der Waals surface area contributed by atoms with E-state index in [-0.39, 0.29) is 0 Å². The largest absolute Gasteiger partial charge is 0.361 e. The van der Waals surface area contributed by atoms with Crippen molar-refractivity contribution in [1.29, 1.82) is 0 Å². The number of hydrogen-bond acceptors (Lipinski definition) is 8. The lowest BCUT2D eigenvalue weighted by atomic mass is 10.2. The molecule has 0 aliphatic carbocycles. The van der Waals surface area contributed by atoms with E-state index in [4.69, 9.17) is 0 Å². The van der Waals surface area contributed by atoms with Crippen LogP contribution in [0.15, 0.2) is 116 Å². The van der Waals surface area contributed by atoms with Gasteiger partial charge in [0.15, 0.2) is 11.6 Å². The summed E-state index contributed by atoms with van der Waals surface area (Å²) in [4.78, 5) is 26.4. The van der Waals surface area contributed by atoms with Crippen LogP contribution in [0.2, 0.25) is 0 Å². The summed E-state index contributed by atoms with van der Waals surface area (Å²) >= 11 is 3.42. The van der Waals surface area contributed by atoms with E-state index < -0.39 is 0 Å². The summed E-state index contributed by atoms with van der Waals surface area (Å²) in [7, 11) is 0. The zero-order chi connectivity index (χ0) is 30.2. The van der Waals surface area contributed by atoms with E-state index in [2.05, 4.69) is 126 Å². The number of H-pyrrole nitrogens is 2. The van der Waals surface area contributed by atoms with Gasteiger partial charge in [0.05, 0.1) is 20.4 Å². The van der Waals surface area contributed by atoms with Gasteiger partial charge in [-0.15, -0.1) is 22.7 Å². The number of thiophene rings is 2. The van der Waals surface area contributed by atoms with Crippen LogP contribution in [-0.2, 0) is 0 Å². The van der Waals surface area contributed by atoms with Crippen LogP contribution in [0.25, 0.3) is 52.7 Å². The van der Waals surface area contributed by atoms with Crippen molar-refractivity contribution in [2.75, 3.05) is 10.6 Å². The van der Waals surface area contributed by atoms with Crippen molar-refractivity contribution in [3.05, 3.63) is 121 Å². The van der Waals surface area contributed by atoms with Crippen molar-refractivity contribution in [1.82, 2.24) is 29.9 Å². The van der Waals surface area contributed by atoms with Crippen LogP contribution < -0.4 is 10.6 Å². The van der Waals surface area contributed by atoms with Crippen molar-refractivity contribution in [2.45, 2.75) is 6.92 Å². The molecule has 0 atom stereocenters. The molecule has 0 radical (unpaired) electrons. The fraction of sp³-hybridized carbons (Fsp3) is 0.0286. The van der Waals surface area contributed by atoms with Gasteiger partial charge in [-0.05, 0) is 73.2 Å². The number of nitrogens with one attached hydrogen (secondary N) is 4. The number of aryl methyl sites for hydroxylation is 1. The van der Waals surface area contributed by atoms with E-state index in [0.29, 0.717) is 0 Å².